The van der Waals surface area contributed by atoms with E-state index >= 15 is 0 Å². The van der Waals surface area contributed by atoms with E-state index < -0.39 is 22.0 Å². The summed E-state index contributed by atoms with van der Waals surface area (Å²) in [5, 5.41) is 14.9. The number of hydrogen-bond donors (Lipinski definition) is 2. The number of aromatic nitrogens is 4. The first-order chi connectivity index (χ1) is 12.2. The Bertz CT molecular complexity index is 899. The van der Waals surface area contributed by atoms with Crippen molar-refractivity contribution < 1.29 is 17.2 Å². The van der Waals surface area contributed by atoms with Crippen LogP contribution in [0.15, 0.2) is 23.1 Å². The van der Waals surface area contributed by atoms with Gasteiger partial charge in [0.25, 0.3) is 0 Å². The summed E-state index contributed by atoms with van der Waals surface area (Å²) in [4.78, 5) is 1.27. The van der Waals surface area contributed by atoms with Crippen LogP contribution in [-0.2, 0) is 17.1 Å². The first-order valence-corrected chi connectivity index (χ1v) is 9.65. The molecule has 26 heavy (non-hydrogen) atoms. The number of sulfonamides is 1. The van der Waals surface area contributed by atoms with Crippen LogP contribution in [0.25, 0.3) is 11.4 Å². The molecule has 2 N–H and O–H groups in total. The second-order valence-corrected chi connectivity index (χ2v) is 8.20. The zero-order valence-corrected chi connectivity index (χ0v) is 15.2. The Balaban J connectivity index is 1.99. The predicted molar refractivity (Wildman–Crippen MR) is 91.3 cm³/mol. The fourth-order valence-electron chi connectivity index (χ4n) is 3.03. The zero-order valence-electron chi connectivity index (χ0n) is 14.4. The number of hydrogen-bond acceptors (Lipinski definition) is 6. The van der Waals surface area contributed by atoms with Crippen molar-refractivity contribution in [3.63, 3.8) is 0 Å². The Morgan fingerprint density at radius 1 is 1.35 bits per heavy atom. The van der Waals surface area contributed by atoms with Crippen LogP contribution in [0.2, 0.25) is 0 Å². The quantitative estimate of drug-likeness (QED) is 0.812. The zero-order chi connectivity index (χ0) is 18.9. The Morgan fingerprint density at radius 3 is 2.73 bits per heavy atom. The summed E-state index contributed by atoms with van der Waals surface area (Å²) in [5.41, 5.74) is 0.888. The number of benzene rings is 1. The minimum atomic E-state index is -3.67. The molecule has 11 heteroatoms. The highest BCUT2D eigenvalue weighted by molar-refractivity contribution is 7.89. The molecule has 1 aliphatic carbocycles. The van der Waals surface area contributed by atoms with E-state index in [0.717, 1.165) is 0 Å². The highest BCUT2D eigenvalue weighted by Crippen LogP contribution is 2.36. The average molecular weight is 386 g/mol. The van der Waals surface area contributed by atoms with E-state index in [2.05, 4.69) is 25.4 Å². The molecule has 1 atom stereocenters. The van der Waals surface area contributed by atoms with E-state index in [1.54, 1.807) is 13.1 Å². The second-order valence-electron chi connectivity index (χ2n) is 6.31. The topological polar surface area (TPSA) is 102 Å². The van der Waals surface area contributed by atoms with Gasteiger partial charge >= 0.3 is 0 Å². The fraction of sp³-hybridized carbons (Fsp3) is 0.533. The van der Waals surface area contributed by atoms with Gasteiger partial charge in [-0.1, -0.05) is 0 Å². The third kappa shape index (κ3) is 3.98. The van der Waals surface area contributed by atoms with Crippen molar-refractivity contribution in [3.05, 3.63) is 18.2 Å². The Kier molecular flexibility index (Phi) is 4.93. The minimum absolute atomic E-state index is 0.0296. The molecule has 3 rings (SSSR count). The maximum Gasteiger partial charge on any atom is 0.250 e. The smallest absolute Gasteiger partial charge is 0.250 e. The van der Waals surface area contributed by atoms with Gasteiger partial charge in [0.15, 0.2) is 0 Å². The molecule has 1 heterocycles. The molecule has 1 saturated carbocycles. The third-order valence-corrected chi connectivity index (χ3v) is 5.73. The Hall–Kier alpha value is -2.14. The van der Waals surface area contributed by atoms with Gasteiger partial charge in [-0.2, -0.15) is 4.80 Å². The van der Waals surface area contributed by atoms with E-state index in [1.807, 2.05) is 0 Å². The van der Waals surface area contributed by atoms with Crippen LogP contribution in [0.3, 0.4) is 0 Å². The summed E-state index contributed by atoms with van der Waals surface area (Å²) in [6.45, 7) is 0. The van der Waals surface area contributed by atoms with Crippen LogP contribution in [-0.4, -0.2) is 47.6 Å². The second kappa shape index (κ2) is 6.88. The summed E-state index contributed by atoms with van der Waals surface area (Å²) in [5.74, 6) is -2.48. The lowest BCUT2D eigenvalue weighted by atomic mass is 9.91. The summed E-state index contributed by atoms with van der Waals surface area (Å²) < 4.78 is 53.8. The minimum Gasteiger partial charge on any atom is -0.381 e. The molecule has 1 fully saturated rings. The molecule has 1 aromatic carbocycles. The largest absolute Gasteiger partial charge is 0.381 e. The number of nitrogens with zero attached hydrogens (tertiary/aromatic N) is 4. The fourth-order valence-corrected chi connectivity index (χ4v) is 3.78. The van der Waals surface area contributed by atoms with Gasteiger partial charge in [0.2, 0.25) is 21.8 Å². The van der Waals surface area contributed by atoms with Gasteiger partial charge in [0.1, 0.15) is 0 Å². The van der Waals surface area contributed by atoms with Crippen LogP contribution in [0, 0.1) is 0 Å². The normalized spacial score (nSPS) is 20.1. The molecule has 8 nitrogen and oxygen atoms in total. The van der Waals surface area contributed by atoms with Crippen molar-refractivity contribution in [2.24, 2.45) is 7.05 Å². The molecule has 2 aromatic rings. The van der Waals surface area contributed by atoms with E-state index in [0.29, 0.717) is 24.1 Å². The summed E-state index contributed by atoms with van der Waals surface area (Å²) >= 11 is 0. The summed E-state index contributed by atoms with van der Waals surface area (Å²) in [6.07, 6.45) is 0.662. The molecule has 1 aromatic heterocycles. The molecular weight excluding hydrogens is 366 g/mol. The monoisotopic (exact) mass is 386 g/mol. The molecule has 0 saturated heterocycles. The molecule has 1 unspecified atom stereocenters. The van der Waals surface area contributed by atoms with Crippen molar-refractivity contribution in [1.82, 2.24) is 24.9 Å². The van der Waals surface area contributed by atoms with E-state index in [4.69, 9.17) is 0 Å². The number of rotatable bonds is 5. The van der Waals surface area contributed by atoms with Gasteiger partial charge in [0, 0.05) is 30.1 Å². The van der Waals surface area contributed by atoms with Gasteiger partial charge < -0.3 is 5.32 Å². The van der Waals surface area contributed by atoms with Crippen LogP contribution in [0.5, 0.6) is 0 Å². The first kappa shape index (κ1) is 18.6. The third-order valence-electron chi connectivity index (χ3n) is 4.32. The Labute approximate surface area is 150 Å². The van der Waals surface area contributed by atoms with Crippen LogP contribution >= 0.6 is 0 Å². The lowest BCUT2D eigenvalue weighted by Gasteiger charge is -2.30. The molecule has 0 amide bonds. The summed E-state index contributed by atoms with van der Waals surface area (Å²) in [7, 11) is -0.777. The van der Waals surface area contributed by atoms with Crippen molar-refractivity contribution in [1.29, 1.82) is 0 Å². The van der Waals surface area contributed by atoms with Gasteiger partial charge in [0.05, 0.1) is 11.9 Å². The number of nitrogens with one attached hydrogen (secondary N) is 2. The Morgan fingerprint density at radius 2 is 2.12 bits per heavy atom. The van der Waals surface area contributed by atoms with Crippen LogP contribution in [0.4, 0.5) is 14.5 Å². The highest BCUT2D eigenvalue weighted by Gasteiger charge is 2.36. The van der Waals surface area contributed by atoms with Crippen molar-refractivity contribution in [2.45, 2.75) is 42.5 Å². The van der Waals surface area contributed by atoms with Crippen LogP contribution < -0.4 is 10.0 Å². The van der Waals surface area contributed by atoms with E-state index in [9.17, 15) is 17.2 Å². The number of anilines is 1. The number of aryl methyl sites for hydroxylation is 1. The van der Waals surface area contributed by atoms with Gasteiger partial charge in [-0.05, 0) is 43.3 Å². The van der Waals surface area contributed by atoms with E-state index in [1.165, 1.54) is 24.0 Å². The lowest BCUT2D eigenvalue weighted by Crippen LogP contribution is -2.34. The van der Waals surface area contributed by atoms with E-state index in [-0.39, 0.29) is 23.6 Å². The molecule has 0 radical (unpaired) electrons. The standard InChI is InChI=1S/C15H20F2N6O2S/c1-18-26(24,25)11-5-6-13(12(8-11)14-20-22-23(2)21-14)19-10-4-3-7-15(16,17)9-10/h5-6,8,10,18-19H,3-4,7,9H2,1-2H3. The van der Waals surface area contributed by atoms with Crippen molar-refractivity contribution in [2.75, 3.05) is 12.4 Å². The van der Waals surface area contributed by atoms with Gasteiger partial charge in [-0.25, -0.2) is 21.9 Å². The van der Waals surface area contributed by atoms with Crippen molar-refractivity contribution in [3.8, 4) is 11.4 Å². The molecule has 0 bridgehead atoms. The molecule has 142 valence electrons. The molecule has 0 spiro atoms. The summed E-state index contributed by atoms with van der Waals surface area (Å²) in [6, 6.07) is 3.95. The van der Waals surface area contributed by atoms with Crippen LogP contribution in [0.1, 0.15) is 25.7 Å². The molecular formula is C15H20F2N6O2S. The SMILES string of the molecule is CNS(=O)(=O)c1ccc(NC2CCCC(F)(F)C2)c(-c2nnn(C)n2)c1. The predicted octanol–water partition coefficient (Wildman–Crippen LogP) is 1.77. The number of tetrazole rings is 1. The van der Waals surface area contributed by atoms with Gasteiger partial charge in [-0.3, -0.25) is 0 Å². The molecule has 0 aliphatic heterocycles. The van der Waals surface area contributed by atoms with Crippen molar-refractivity contribution >= 4 is 15.7 Å². The first-order valence-electron chi connectivity index (χ1n) is 8.16. The number of halogens is 2. The van der Waals surface area contributed by atoms with Gasteiger partial charge in [-0.15, -0.1) is 10.2 Å². The highest BCUT2D eigenvalue weighted by atomic mass is 32.2. The lowest BCUT2D eigenvalue weighted by molar-refractivity contribution is -0.0373. The average Bonchev–Trinajstić information content (AvgIpc) is 3.00. The maximum absolute atomic E-state index is 13.7. The molecule has 1 aliphatic rings. The maximum atomic E-state index is 13.7. The number of alkyl halides is 2.